The molecule has 6 nitrogen and oxygen atoms in total. The molecular formula is C24H21ClN4O2. The third-order valence-corrected chi connectivity index (χ3v) is 5.23. The molecule has 2 aromatic heterocycles. The van der Waals surface area contributed by atoms with E-state index >= 15 is 0 Å². The highest BCUT2D eigenvalue weighted by Crippen LogP contribution is 2.30. The number of carboxylic acid groups (broad SMARTS) is 1. The smallest absolute Gasteiger partial charge is 0.337 e. The zero-order valence-corrected chi connectivity index (χ0v) is 17.9. The van der Waals surface area contributed by atoms with Crippen molar-refractivity contribution in [2.45, 2.75) is 20.3 Å². The van der Waals surface area contributed by atoms with Crippen LogP contribution in [0.2, 0.25) is 5.02 Å². The number of benzene rings is 2. The summed E-state index contributed by atoms with van der Waals surface area (Å²) in [7, 11) is 0. The maximum atomic E-state index is 11.7. The summed E-state index contributed by atoms with van der Waals surface area (Å²) in [5.74, 6) is 0.193. The Kier molecular flexibility index (Phi) is 5.73. The third-order valence-electron chi connectivity index (χ3n) is 5.00. The van der Waals surface area contributed by atoms with E-state index in [0.29, 0.717) is 22.3 Å². The number of carbonyl (C=O) groups is 1. The van der Waals surface area contributed by atoms with Crippen LogP contribution in [0.15, 0.2) is 66.9 Å². The first-order chi connectivity index (χ1) is 15.0. The highest BCUT2D eigenvalue weighted by atomic mass is 35.5. The molecule has 156 valence electrons. The molecule has 0 spiro atoms. The SMILES string of the molecule is CCc1cccc(-c2cc(Nc3ccc(Cl)cc3C(=O)O)n(-c3ncccc3C)n2)c1. The van der Waals surface area contributed by atoms with E-state index in [0.717, 1.165) is 23.2 Å². The van der Waals surface area contributed by atoms with Crippen LogP contribution in [0.4, 0.5) is 11.5 Å². The van der Waals surface area contributed by atoms with Crippen LogP contribution in [-0.2, 0) is 6.42 Å². The number of nitrogens with one attached hydrogen (secondary N) is 1. The van der Waals surface area contributed by atoms with Crippen LogP contribution >= 0.6 is 11.6 Å². The van der Waals surface area contributed by atoms with Gasteiger partial charge in [0, 0.05) is 22.8 Å². The van der Waals surface area contributed by atoms with Crippen LogP contribution < -0.4 is 5.32 Å². The molecule has 0 aliphatic rings. The average Bonchev–Trinajstić information content (AvgIpc) is 3.19. The predicted molar refractivity (Wildman–Crippen MR) is 123 cm³/mol. The summed E-state index contributed by atoms with van der Waals surface area (Å²) in [5.41, 5.74) is 4.38. The molecule has 0 radical (unpaired) electrons. The van der Waals surface area contributed by atoms with Crippen molar-refractivity contribution in [2.24, 2.45) is 0 Å². The number of hydrogen-bond acceptors (Lipinski definition) is 4. The normalized spacial score (nSPS) is 10.8. The third kappa shape index (κ3) is 4.29. The van der Waals surface area contributed by atoms with Crippen molar-refractivity contribution in [1.82, 2.24) is 14.8 Å². The quantitative estimate of drug-likeness (QED) is 0.396. The minimum atomic E-state index is -1.07. The van der Waals surface area contributed by atoms with E-state index in [9.17, 15) is 9.90 Å². The number of aromatic nitrogens is 3. The van der Waals surface area contributed by atoms with Crippen molar-refractivity contribution in [2.75, 3.05) is 5.32 Å². The topological polar surface area (TPSA) is 80.0 Å². The number of hydrogen-bond donors (Lipinski definition) is 2. The molecule has 4 aromatic rings. The monoisotopic (exact) mass is 432 g/mol. The van der Waals surface area contributed by atoms with Crippen LogP contribution in [0.5, 0.6) is 0 Å². The van der Waals surface area contributed by atoms with E-state index in [-0.39, 0.29) is 5.56 Å². The second-order valence-electron chi connectivity index (χ2n) is 7.14. The van der Waals surface area contributed by atoms with Gasteiger partial charge in [0.1, 0.15) is 5.82 Å². The fraction of sp³-hybridized carbons (Fsp3) is 0.125. The minimum absolute atomic E-state index is 0.0764. The summed E-state index contributed by atoms with van der Waals surface area (Å²) in [4.78, 5) is 16.2. The van der Waals surface area contributed by atoms with Crippen molar-refractivity contribution < 1.29 is 9.90 Å². The molecule has 2 N–H and O–H groups in total. The molecule has 0 amide bonds. The molecule has 31 heavy (non-hydrogen) atoms. The first-order valence-electron chi connectivity index (χ1n) is 9.87. The van der Waals surface area contributed by atoms with E-state index in [4.69, 9.17) is 16.7 Å². The number of carboxylic acids is 1. The molecule has 0 aliphatic heterocycles. The number of anilines is 2. The van der Waals surface area contributed by atoms with E-state index < -0.39 is 5.97 Å². The molecule has 0 saturated carbocycles. The van der Waals surface area contributed by atoms with Crippen LogP contribution in [0.25, 0.3) is 17.1 Å². The zero-order chi connectivity index (χ0) is 22.0. The first-order valence-corrected chi connectivity index (χ1v) is 10.3. The Morgan fingerprint density at radius 2 is 1.97 bits per heavy atom. The number of rotatable bonds is 6. The van der Waals surface area contributed by atoms with Gasteiger partial charge in [0.2, 0.25) is 0 Å². The maximum absolute atomic E-state index is 11.7. The lowest BCUT2D eigenvalue weighted by atomic mass is 10.1. The molecule has 0 aliphatic carbocycles. The summed E-state index contributed by atoms with van der Waals surface area (Å²) in [6.45, 7) is 4.06. The fourth-order valence-corrected chi connectivity index (χ4v) is 3.53. The Hall–Kier alpha value is -3.64. The summed E-state index contributed by atoms with van der Waals surface area (Å²) in [6, 6.07) is 18.6. The van der Waals surface area contributed by atoms with E-state index in [1.54, 1.807) is 23.0 Å². The predicted octanol–water partition coefficient (Wildman–Crippen LogP) is 5.90. The van der Waals surface area contributed by atoms with Gasteiger partial charge in [-0.2, -0.15) is 9.78 Å². The van der Waals surface area contributed by atoms with Gasteiger partial charge >= 0.3 is 5.97 Å². The Labute approximate surface area is 185 Å². The molecule has 0 atom stereocenters. The lowest BCUT2D eigenvalue weighted by Gasteiger charge is -2.12. The number of aromatic carboxylic acids is 1. The summed E-state index contributed by atoms with van der Waals surface area (Å²) < 4.78 is 1.70. The van der Waals surface area contributed by atoms with Gasteiger partial charge in [0.05, 0.1) is 16.9 Å². The Balaban J connectivity index is 1.86. The van der Waals surface area contributed by atoms with Crippen molar-refractivity contribution in [1.29, 1.82) is 0 Å². The number of halogens is 1. The molecule has 0 bridgehead atoms. The van der Waals surface area contributed by atoms with E-state index in [1.165, 1.54) is 11.6 Å². The number of pyridine rings is 1. The summed E-state index contributed by atoms with van der Waals surface area (Å²) in [6.07, 6.45) is 2.63. The van der Waals surface area contributed by atoms with Gasteiger partial charge in [-0.25, -0.2) is 9.78 Å². The number of nitrogens with zero attached hydrogens (tertiary/aromatic N) is 3. The first kappa shape index (κ1) is 20.6. The largest absolute Gasteiger partial charge is 0.478 e. The lowest BCUT2D eigenvalue weighted by molar-refractivity contribution is 0.0698. The van der Waals surface area contributed by atoms with Crippen molar-refractivity contribution in [3.05, 3.63) is 88.6 Å². The second kappa shape index (κ2) is 8.62. The van der Waals surface area contributed by atoms with Gasteiger partial charge < -0.3 is 10.4 Å². The Morgan fingerprint density at radius 1 is 1.13 bits per heavy atom. The minimum Gasteiger partial charge on any atom is -0.478 e. The molecule has 0 fully saturated rings. The van der Waals surface area contributed by atoms with Gasteiger partial charge in [0.25, 0.3) is 0 Å². The fourth-order valence-electron chi connectivity index (χ4n) is 3.36. The van der Waals surface area contributed by atoms with Crippen LogP contribution in [-0.4, -0.2) is 25.8 Å². The van der Waals surface area contributed by atoms with Gasteiger partial charge in [-0.1, -0.05) is 42.8 Å². The number of aryl methyl sites for hydroxylation is 2. The molecule has 2 aromatic carbocycles. The highest BCUT2D eigenvalue weighted by molar-refractivity contribution is 6.31. The molecule has 4 rings (SSSR count). The molecule has 0 saturated heterocycles. The van der Waals surface area contributed by atoms with Crippen molar-refractivity contribution in [3.63, 3.8) is 0 Å². The zero-order valence-electron chi connectivity index (χ0n) is 17.1. The second-order valence-corrected chi connectivity index (χ2v) is 7.58. The van der Waals surface area contributed by atoms with Gasteiger partial charge in [-0.15, -0.1) is 0 Å². The Morgan fingerprint density at radius 3 is 2.71 bits per heavy atom. The van der Waals surface area contributed by atoms with Crippen LogP contribution in [0, 0.1) is 6.92 Å². The van der Waals surface area contributed by atoms with Gasteiger partial charge in [0.15, 0.2) is 5.82 Å². The Bertz CT molecular complexity index is 1270. The average molecular weight is 433 g/mol. The highest BCUT2D eigenvalue weighted by Gasteiger charge is 2.17. The molecule has 2 heterocycles. The molecule has 7 heteroatoms. The molecular weight excluding hydrogens is 412 g/mol. The van der Waals surface area contributed by atoms with Gasteiger partial charge in [-0.05, 0) is 54.8 Å². The standard InChI is InChI=1S/C24H21ClN4O2/c1-3-16-7-4-8-17(12-16)21-14-22(29(28-21)23-15(2)6-5-11-26-23)27-20-10-9-18(25)13-19(20)24(30)31/h4-14,27H,3H2,1-2H3,(H,30,31). The lowest BCUT2D eigenvalue weighted by Crippen LogP contribution is -2.08. The van der Waals surface area contributed by atoms with Gasteiger partial charge in [-0.3, -0.25) is 0 Å². The maximum Gasteiger partial charge on any atom is 0.337 e. The van der Waals surface area contributed by atoms with Crippen LogP contribution in [0.1, 0.15) is 28.4 Å². The molecule has 0 unspecified atom stereocenters. The summed E-state index contributed by atoms with van der Waals surface area (Å²) >= 11 is 6.01. The van der Waals surface area contributed by atoms with E-state index in [2.05, 4.69) is 29.4 Å². The van der Waals surface area contributed by atoms with Crippen molar-refractivity contribution >= 4 is 29.1 Å². The van der Waals surface area contributed by atoms with Crippen LogP contribution in [0.3, 0.4) is 0 Å². The summed E-state index contributed by atoms with van der Waals surface area (Å²) in [5, 5.41) is 18.0. The van der Waals surface area contributed by atoms with Crippen molar-refractivity contribution in [3.8, 4) is 17.1 Å². The van der Waals surface area contributed by atoms with E-state index in [1.807, 2.05) is 37.3 Å².